The maximum Gasteiger partial charge on any atom is 0.246 e. The molecular formula is C76H103N23O17. The van der Waals surface area contributed by atoms with Crippen molar-refractivity contribution >= 4 is 117 Å². The fraction of sp³-hybridized carbons (Fsp3) is 0.539. The van der Waals surface area contributed by atoms with Gasteiger partial charge in [0.15, 0.2) is 5.96 Å². The third kappa shape index (κ3) is 22.9. The second kappa shape index (κ2) is 41.0. The summed E-state index contributed by atoms with van der Waals surface area (Å²) in [5.41, 5.74) is 13.2. The van der Waals surface area contributed by atoms with Gasteiger partial charge in [-0.05, 0) is 107 Å². The first-order valence-corrected chi connectivity index (χ1v) is 39.3. The lowest BCUT2D eigenvalue weighted by molar-refractivity contribution is -0.143. The molecule has 6 aliphatic rings. The number of likely N-dealkylation sites (tertiary alicyclic amines) is 6. The van der Waals surface area contributed by atoms with Gasteiger partial charge in [-0.25, -0.2) is 4.98 Å². The van der Waals surface area contributed by atoms with Crippen molar-refractivity contribution in [2.45, 2.75) is 176 Å². The van der Waals surface area contributed by atoms with Crippen molar-refractivity contribution in [3.05, 3.63) is 90.1 Å². The molecule has 4 aromatic rings. The number of primary amides is 1. The van der Waals surface area contributed by atoms with Crippen molar-refractivity contribution in [1.82, 2.24) is 103 Å². The number of nitrogens with two attached hydrogens (primary N) is 2. The summed E-state index contributed by atoms with van der Waals surface area (Å²) in [4.78, 5) is 250. The smallest absolute Gasteiger partial charge is 0.246 e. The second-order valence-electron chi connectivity index (χ2n) is 29.6. The van der Waals surface area contributed by atoms with Crippen molar-refractivity contribution in [3.8, 4) is 0 Å². The van der Waals surface area contributed by atoms with E-state index >= 15 is 4.79 Å². The van der Waals surface area contributed by atoms with E-state index < -0.39 is 200 Å². The number of carbonyl (C=O) groups excluding carboxylic acids is 17. The van der Waals surface area contributed by atoms with Gasteiger partial charge < -0.3 is 109 Å². The summed E-state index contributed by atoms with van der Waals surface area (Å²) in [5, 5.41) is 37.6. The number of guanidine groups is 1. The summed E-state index contributed by atoms with van der Waals surface area (Å²) in [6.07, 6.45) is 8.67. The fourth-order valence-electron chi connectivity index (χ4n) is 15.9. The maximum absolute atomic E-state index is 15.2. The Hall–Kier alpha value is -12.5. The Bertz CT molecular complexity index is 4310. The quantitative estimate of drug-likeness (QED) is 0.0115. The highest BCUT2D eigenvalue weighted by molar-refractivity contribution is 6.01. The van der Waals surface area contributed by atoms with Crippen LogP contribution in [0.4, 0.5) is 0 Å². The van der Waals surface area contributed by atoms with Crippen LogP contribution in [-0.4, -0.2) is 296 Å². The van der Waals surface area contributed by atoms with Crippen LogP contribution in [0, 0.1) is 5.41 Å². The van der Waals surface area contributed by atoms with Gasteiger partial charge in [0.2, 0.25) is 100 Å². The molecule has 116 heavy (non-hydrogen) atoms. The van der Waals surface area contributed by atoms with Crippen LogP contribution in [0.25, 0.3) is 10.9 Å². The van der Waals surface area contributed by atoms with Gasteiger partial charge in [-0.3, -0.25) is 86.9 Å². The summed E-state index contributed by atoms with van der Waals surface area (Å²) in [6, 6.07) is 4.90. The highest BCUT2D eigenvalue weighted by atomic mass is 16.2. The monoisotopic (exact) mass is 1610 g/mol. The molecule has 0 saturated carbocycles. The van der Waals surface area contributed by atoms with Crippen LogP contribution in [0.3, 0.4) is 0 Å². The van der Waals surface area contributed by atoms with Crippen LogP contribution in [0.15, 0.2) is 73.3 Å². The highest BCUT2D eigenvalue weighted by Gasteiger charge is 2.44. The second-order valence-corrected chi connectivity index (χ2v) is 29.6. The van der Waals surface area contributed by atoms with Gasteiger partial charge in [-0.2, -0.15) is 0 Å². The Morgan fingerprint density at radius 3 is 1.23 bits per heavy atom. The van der Waals surface area contributed by atoms with E-state index in [0.29, 0.717) is 61.8 Å². The Morgan fingerprint density at radius 1 is 0.440 bits per heavy atom. The first-order chi connectivity index (χ1) is 55.7. The number of hydrogen-bond donors (Lipinski definition) is 16. The molecule has 0 radical (unpaired) electrons. The average molecular weight is 1610 g/mol. The number of benzene rings is 2. The Balaban J connectivity index is 0.697. The van der Waals surface area contributed by atoms with E-state index in [0.717, 1.165) is 10.9 Å². The predicted molar refractivity (Wildman–Crippen MR) is 413 cm³/mol. The molecule has 8 heterocycles. The van der Waals surface area contributed by atoms with E-state index in [2.05, 4.69) is 73.4 Å². The number of imidazole rings is 1. The van der Waals surface area contributed by atoms with Gasteiger partial charge >= 0.3 is 0 Å². The molecule has 0 aliphatic carbocycles. The number of amides is 17. The zero-order valence-electron chi connectivity index (χ0n) is 64.6. The number of nitrogens with zero attached hydrogens (tertiary/aromatic N) is 7. The van der Waals surface area contributed by atoms with Crippen LogP contribution < -0.4 is 70.0 Å². The number of para-hydroxylation sites is 1. The molecule has 17 amide bonds. The van der Waals surface area contributed by atoms with Gasteiger partial charge in [0.25, 0.3) is 0 Å². The molecule has 40 nitrogen and oxygen atoms in total. The molecule has 10 atom stereocenters. The van der Waals surface area contributed by atoms with E-state index in [1.54, 1.807) is 42.6 Å². The van der Waals surface area contributed by atoms with Crippen molar-refractivity contribution in [2.75, 3.05) is 85.1 Å². The molecule has 6 aliphatic heterocycles. The summed E-state index contributed by atoms with van der Waals surface area (Å²) in [5.74, 6) is -11.3. The Labute approximate surface area is 667 Å². The largest absolute Gasteiger partial charge is 0.370 e. The van der Waals surface area contributed by atoms with E-state index in [1.807, 2.05) is 18.2 Å². The van der Waals surface area contributed by atoms with Crippen molar-refractivity contribution in [1.29, 1.82) is 5.41 Å². The summed E-state index contributed by atoms with van der Waals surface area (Å²) < 4.78 is 0. The number of fused-ring (bicyclic) bond motifs is 1. The lowest BCUT2D eigenvalue weighted by Crippen LogP contribution is -2.60. The third-order valence-electron chi connectivity index (χ3n) is 21.6. The molecular weight excluding hydrogens is 1510 g/mol. The van der Waals surface area contributed by atoms with Crippen LogP contribution in [-0.2, 0) is 101 Å². The number of H-pyrrole nitrogens is 2. The molecule has 40 heteroatoms. The third-order valence-corrected chi connectivity index (χ3v) is 21.6. The van der Waals surface area contributed by atoms with Gasteiger partial charge in [0.05, 0.1) is 45.6 Å². The molecule has 0 unspecified atom stereocenters. The molecule has 18 N–H and O–H groups in total. The lowest BCUT2D eigenvalue weighted by Gasteiger charge is -2.30. The molecule has 0 bridgehead atoms. The zero-order valence-corrected chi connectivity index (χ0v) is 64.6. The number of aromatic amines is 2. The summed E-state index contributed by atoms with van der Waals surface area (Å²) in [6.45, 7) is -0.663. The number of nitrogens with one attached hydrogen (secondary N) is 14. The minimum Gasteiger partial charge on any atom is -0.370 e. The number of carbonyl (C=O) groups is 17. The van der Waals surface area contributed by atoms with Crippen LogP contribution in [0.2, 0.25) is 0 Å². The average Bonchev–Trinajstić information content (AvgIpc) is 1.67. The van der Waals surface area contributed by atoms with E-state index in [1.165, 1.54) is 48.8 Å². The fourth-order valence-corrected chi connectivity index (χ4v) is 15.9. The molecule has 6 saturated heterocycles. The van der Waals surface area contributed by atoms with E-state index in [4.69, 9.17) is 16.9 Å². The normalized spacial score (nSPS) is 20.0. The van der Waals surface area contributed by atoms with Gasteiger partial charge in [-0.15, -0.1) is 0 Å². The molecule has 624 valence electrons. The molecule has 10 rings (SSSR count). The van der Waals surface area contributed by atoms with Crippen molar-refractivity contribution in [2.24, 2.45) is 11.5 Å². The number of rotatable bonds is 36. The number of aromatic nitrogens is 3. The molecule has 2 aromatic carbocycles. The van der Waals surface area contributed by atoms with Crippen LogP contribution >= 0.6 is 0 Å². The minimum absolute atomic E-state index is 0.00505. The maximum atomic E-state index is 15.2. The van der Waals surface area contributed by atoms with E-state index in [9.17, 15) is 76.7 Å². The van der Waals surface area contributed by atoms with E-state index in [-0.39, 0.29) is 116 Å². The summed E-state index contributed by atoms with van der Waals surface area (Å²) >= 11 is 0. The highest BCUT2D eigenvalue weighted by Crippen LogP contribution is 2.27. The standard InChI is InChI=1S/C76H103N23O17/c1-44(100)90-52(34-47-36-80-43-89-47)68(109)92-51(32-45-14-3-2-4-15-45)67(108)91-50(18-7-25-81-76(78)79)66(107)93-53(33-46-35-82-49-17-6-5-16-48(46)49)75(116)99-31-13-24-59(99)74(115)88-42-65(106)98-30-12-23-58(98)73(114)87-41-64(105)97-29-11-22-57(97)72(113)86-40-63(104)96-28-10-21-56(96)71(112)85-39-62(103)95-27-9-20-55(95)70(111)84-38-61(102)94-26-8-19-54(94)69(110)83-37-60(77)101/h2-6,14-17,35-36,43,50-59,82H,7-13,18-34,37-42H2,1H3,(H2,77,101)(H,80,89)(H,83,110)(H,84,111)(H,85,112)(H,86,113)(H,87,114)(H,88,115)(H,90,100)(H,91,108)(H,92,109)(H,93,107)(H4,78,79,81)/t50-,51+,52-,53-,54-,55-,56-,57-,58-,59-/m0/s1. The summed E-state index contributed by atoms with van der Waals surface area (Å²) in [7, 11) is 0. The zero-order chi connectivity index (χ0) is 83.1. The van der Waals surface area contributed by atoms with Crippen LogP contribution in [0.1, 0.15) is 114 Å². The first-order valence-electron chi connectivity index (χ1n) is 39.3. The SMILES string of the molecule is CC(=O)N[C@@H](Cc1cnc[nH]1)C(=O)N[C@H](Cc1ccccc1)C(=O)N[C@@H](CCCNC(=N)N)C(=O)N[C@@H](Cc1c[nH]c2ccccc12)C(=O)N1CCC[C@H]1C(=O)NCC(=O)N1CCC[C@H]1C(=O)NCC(=O)N1CCC[C@H]1C(=O)NCC(=O)N1CCC[C@H]1C(=O)NCC(=O)N1CCC[C@H]1C(=O)NCC(=O)N1CCC[C@H]1C(=O)NCC(N)=O. The van der Waals surface area contributed by atoms with Crippen molar-refractivity contribution < 1.29 is 81.5 Å². The topological polar surface area (TPSA) is 562 Å². The molecule has 6 fully saturated rings. The van der Waals surface area contributed by atoms with Gasteiger partial charge in [0, 0.05) is 101 Å². The first kappa shape index (κ1) is 85.9. The molecule has 0 spiro atoms. The van der Waals surface area contributed by atoms with Crippen molar-refractivity contribution in [3.63, 3.8) is 0 Å². The lowest BCUT2D eigenvalue weighted by atomic mass is 10.0. The molecule has 2 aromatic heterocycles. The minimum atomic E-state index is -1.38. The number of hydrogen-bond acceptors (Lipinski definition) is 19. The Morgan fingerprint density at radius 2 is 0.819 bits per heavy atom. The predicted octanol–water partition coefficient (Wildman–Crippen LogP) is -5.73. The van der Waals surface area contributed by atoms with Gasteiger partial charge in [0.1, 0.15) is 60.4 Å². The Kier molecular flexibility index (Phi) is 30.3. The van der Waals surface area contributed by atoms with Gasteiger partial charge in [-0.1, -0.05) is 48.5 Å². The van der Waals surface area contributed by atoms with Crippen LogP contribution in [0.5, 0.6) is 0 Å².